The van der Waals surface area contributed by atoms with Crippen LogP contribution in [0.25, 0.3) is 10.1 Å². The molecule has 0 aliphatic rings. The van der Waals surface area contributed by atoms with Gasteiger partial charge >= 0.3 is 5.97 Å². The maximum Gasteiger partial charge on any atom is 0.350 e. The highest BCUT2D eigenvalue weighted by atomic mass is 32.1. The van der Waals surface area contributed by atoms with Crippen molar-refractivity contribution >= 4 is 50.4 Å². The Bertz CT molecular complexity index is 607. The number of ether oxygens (including phenoxy) is 1. The van der Waals surface area contributed by atoms with Crippen LogP contribution in [0.1, 0.15) is 9.67 Å². The van der Waals surface area contributed by atoms with Gasteiger partial charge < -0.3 is 15.4 Å². The molecule has 2 N–H and O–H groups in total. The van der Waals surface area contributed by atoms with Gasteiger partial charge in [-0.05, 0) is 18.3 Å². The number of fused-ring (bicyclic) bond motifs is 1. The smallest absolute Gasteiger partial charge is 0.350 e. The van der Waals surface area contributed by atoms with Crippen LogP contribution in [0.15, 0.2) is 24.3 Å². The molecule has 1 aromatic heterocycles. The van der Waals surface area contributed by atoms with Gasteiger partial charge in [0.2, 0.25) is 0 Å². The van der Waals surface area contributed by atoms with Gasteiger partial charge in [-0.1, -0.05) is 18.2 Å². The topological polar surface area (TPSA) is 50.4 Å². The first-order chi connectivity index (χ1) is 8.67. The Hall–Kier alpha value is -1.66. The zero-order valence-electron chi connectivity index (χ0n) is 9.94. The monoisotopic (exact) mass is 280 g/mol. The number of esters is 1. The number of hydrogen-bond donors (Lipinski definition) is 2. The molecule has 0 aliphatic heterocycles. The molecule has 2 rings (SSSR count). The molecule has 1 heterocycles. The van der Waals surface area contributed by atoms with Crippen LogP contribution in [0.4, 0.5) is 5.69 Å². The van der Waals surface area contributed by atoms with Gasteiger partial charge in [0.25, 0.3) is 0 Å². The molecular formula is C12H12N2O2S2. The highest BCUT2D eigenvalue weighted by Gasteiger charge is 2.19. The minimum Gasteiger partial charge on any atom is -0.465 e. The summed E-state index contributed by atoms with van der Waals surface area (Å²) in [6, 6.07) is 7.75. The normalized spacial score (nSPS) is 10.1. The summed E-state index contributed by atoms with van der Waals surface area (Å²) in [6.45, 7) is 0. The number of nitrogens with one attached hydrogen (secondary N) is 2. The van der Waals surface area contributed by atoms with E-state index >= 15 is 0 Å². The van der Waals surface area contributed by atoms with Gasteiger partial charge in [-0.2, -0.15) is 0 Å². The SMILES string of the molecule is CNC(=S)Nc1c(C(=O)OC)sc2ccccc12. The summed E-state index contributed by atoms with van der Waals surface area (Å²) in [4.78, 5) is 12.3. The van der Waals surface area contributed by atoms with E-state index in [1.54, 1.807) is 7.05 Å². The Morgan fingerprint density at radius 1 is 1.39 bits per heavy atom. The molecule has 0 unspecified atom stereocenters. The fourth-order valence-corrected chi connectivity index (χ4v) is 2.76. The van der Waals surface area contributed by atoms with Crippen LogP contribution in [0, 0.1) is 0 Å². The predicted molar refractivity (Wildman–Crippen MR) is 78.4 cm³/mol. The highest BCUT2D eigenvalue weighted by molar-refractivity contribution is 7.80. The number of hydrogen-bond acceptors (Lipinski definition) is 4. The molecule has 6 heteroatoms. The number of methoxy groups -OCH3 is 1. The highest BCUT2D eigenvalue weighted by Crippen LogP contribution is 2.36. The van der Waals surface area contributed by atoms with E-state index in [1.165, 1.54) is 18.4 Å². The van der Waals surface area contributed by atoms with Gasteiger partial charge in [0.1, 0.15) is 4.88 Å². The first-order valence-electron chi connectivity index (χ1n) is 5.26. The Balaban J connectivity index is 2.57. The van der Waals surface area contributed by atoms with Gasteiger partial charge in [-0.25, -0.2) is 4.79 Å². The van der Waals surface area contributed by atoms with Crippen molar-refractivity contribution in [2.45, 2.75) is 0 Å². The van der Waals surface area contributed by atoms with Crippen LogP contribution in [-0.4, -0.2) is 25.2 Å². The summed E-state index contributed by atoms with van der Waals surface area (Å²) in [5.41, 5.74) is 0.696. The molecule has 0 radical (unpaired) electrons. The van der Waals surface area contributed by atoms with Gasteiger partial charge in [0.15, 0.2) is 5.11 Å². The number of rotatable bonds is 2. The lowest BCUT2D eigenvalue weighted by Crippen LogP contribution is -2.24. The quantitative estimate of drug-likeness (QED) is 0.654. The zero-order chi connectivity index (χ0) is 13.1. The van der Waals surface area contributed by atoms with Crippen molar-refractivity contribution < 1.29 is 9.53 Å². The third-order valence-electron chi connectivity index (χ3n) is 2.43. The Labute approximate surface area is 114 Å². The molecule has 0 bridgehead atoms. The Kier molecular flexibility index (Phi) is 3.78. The molecule has 94 valence electrons. The molecule has 0 spiro atoms. The minimum atomic E-state index is -0.363. The lowest BCUT2D eigenvalue weighted by atomic mass is 10.2. The third kappa shape index (κ3) is 2.30. The van der Waals surface area contributed by atoms with E-state index in [0.717, 1.165) is 10.1 Å². The van der Waals surface area contributed by atoms with E-state index in [1.807, 2.05) is 24.3 Å². The molecule has 0 saturated heterocycles. The third-order valence-corrected chi connectivity index (χ3v) is 3.89. The summed E-state index contributed by atoms with van der Waals surface area (Å²) >= 11 is 6.46. The van der Waals surface area contributed by atoms with E-state index in [-0.39, 0.29) is 5.97 Å². The second-order valence-corrected chi connectivity index (χ2v) is 4.96. The molecule has 0 fully saturated rings. The molecule has 0 atom stereocenters. The average Bonchev–Trinajstić information content (AvgIpc) is 2.77. The van der Waals surface area contributed by atoms with Crippen LogP contribution in [0.2, 0.25) is 0 Å². The van der Waals surface area contributed by atoms with Crippen molar-refractivity contribution in [3.05, 3.63) is 29.1 Å². The van der Waals surface area contributed by atoms with E-state index in [4.69, 9.17) is 17.0 Å². The van der Waals surface area contributed by atoms with Gasteiger partial charge in [-0.15, -0.1) is 11.3 Å². The van der Waals surface area contributed by atoms with Crippen molar-refractivity contribution in [2.75, 3.05) is 19.5 Å². The fourth-order valence-electron chi connectivity index (χ4n) is 1.58. The standard InChI is InChI=1S/C12H12N2O2S2/c1-13-12(17)14-9-7-5-3-4-6-8(7)18-10(9)11(15)16-2/h3-6H,1-2H3,(H2,13,14,17). The van der Waals surface area contributed by atoms with Crippen LogP contribution in [-0.2, 0) is 4.74 Å². The summed E-state index contributed by atoms with van der Waals surface area (Å²) in [5, 5.41) is 7.27. The maximum absolute atomic E-state index is 11.8. The van der Waals surface area contributed by atoms with Gasteiger partial charge in [-0.3, -0.25) is 0 Å². The molecule has 18 heavy (non-hydrogen) atoms. The average molecular weight is 280 g/mol. The summed E-state index contributed by atoms with van der Waals surface area (Å²) in [7, 11) is 3.09. The Morgan fingerprint density at radius 3 is 2.78 bits per heavy atom. The fraction of sp³-hybridized carbons (Fsp3) is 0.167. The van der Waals surface area contributed by atoms with Gasteiger partial charge in [0, 0.05) is 17.1 Å². The molecule has 2 aromatic rings. The number of benzene rings is 1. The number of anilines is 1. The van der Waals surface area contributed by atoms with E-state index in [9.17, 15) is 4.79 Å². The van der Waals surface area contributed by atoms with Crippen LogP contribution in [0.3, 0.4) is 0 Å². The first-order valence-corrected chi connectivity index (χ1v) is 6.48. The van der Waals surface area contributed by atoms with Crippen molar-refractivity contribution in [3.63, 3.8) is 0 Å². The molecule has 0 amide bonds. The number of thiocarbonyl (C=S) groups is 1. The first kappa shape index (κ1) is 12.8. The molecular weight excluding hydrogens is 268 g/mol. The lowest BCUT2D eigenvalue weighted by Gasteiger charge is -2.07. The second kappa shape index (κ2) is 5.32. The van der Waals surface area contributed by atoms with Crippen molar-refractivity contribution in [2.24, 2.45) is 0 Å². The van der Waals surface area contributed by atoms with Crippen molar-refractivity contribution in [1.29, 1.82) is 0 Å². The number of thiophene rings is 1. The Morgan fingerprint density at radius 2 is 2.11 bits per heavy atom. The minimum absolute atomic E-state index is 0.363. The van der Waals surface area contributed by atoms with Crippen LogP contribution >= 0.6 is 23.6 Å². The maximum atomic E-state index is 11.8. The van der Waals surface area contributed by atoms with Crippen molar-refractivity contribution in [3.8, 4) is 0 Å². The molecule has 0 saturated carbocycles. The molecule has 0 aliphatic carbocycles. The summed E-state index contributed by atoms with van der Waals surface area (Å²) in [6.07, 6.45) is 0. The number of carbonyl (C=O) groups excluding carboxylic acids is 1. The van der Waals surface area contributed by atoms with Gasteiger partial charge in [0.05, 0.1) is 12.8 Å². The summed E-state index contributed by atoms with van der Waals surface area (Å²) < 4.78 is 5.80. The van der Waals surface area contributed by atoms with E-state index in [2.05, 4.69) is 10.6 Å². The lowest BCUT2D eigenvalue weighted by molar-refractivity contribution is 0.0607. The van der Waals surface area contributed by atoms with Crippen molar-refractivity contribution in [1.82, 2.24) is 5.32 Å². The number of carbonyl (C=O) groups is 1. The zero-order valence-corrected chi connectivity index (χ0v) is 11.6. The largest absolute Gasteiger partial charge is 0.465 e. The van der Waals surface area contributed by atoms with Crippen LogP contribution in [0.5, 0.6) is 0 Å². The molecule has 1 aromatic carbocycles. The van der Waals surface area contributed by atoms with E-state index < -0.39 is 0 Å². The predicted octanol–water partition coefficient (Wildman–Crippen LogP) is 2.60. The summed E-state index contributed by atoms with van der Waals surface area (Å²) in [5.74, 6) is -0.363. The van der Waals surface area contributed by atoms with Crippen LogP contribution < -0.4 is 10.6 Å². The second-order valence-electron chi connectivity index (χ2n) is 3.50. The molecule has 4 nitrogen and oxygen atoms in total. The van der Waals surface area contributed by atoms with E-state index in [0.29, 0.717) is 15.7 Å².